The van der Waals surface area contributed by atoms with Crippen LogP contribution in [-0.2, 0) is 14.8 Å². The van der Waals surface area contributed by atoms with E-state index in [9.17, 15) is 21.6 Å². The first kappa shape index (κ1) is 16.7. The predicted molar refractivity (Wildman–Crippen MR) is 65.8 cm³/mol. The maximum absolute atomic E-state index is 11.8. The van der Waals surface area contributed by atoms with Gasteiger partial charge in [-0.3, -0.25) is 0 Å². The Morgan fingerprint density at radius 1 is 1.35 bits per heavy atom. The number of aromatic nitrogens is 1. The molecule has 0 radical (unpaired) electrons. The summed E-state index contributed by atoms with van der Waals surface area (Å²) in [6.07, 6.45) is -3.28. The molecule has 1 heterocycles. The first-order valence-corrected chi connectivity index (χ1v) is 7.01. The number of nitrogens with zero attached hydrogens (tertiary/aromatic N) is 1. The van der Waals surface area contributed by atoms with Crippen molar-refractivity contribution in [3.05, 3.63) is 18.3 Å². The zero-order chi connectivity index (χ0) is 15.2. The number of hydrogen-bond donors (Lipinski definition) is 2. The largest absolute Gasteiger partial charge is 0.411 e. The second-order valence-corrected chi connectivity index (χ2v) is 5.46. The van der Waals surface area contributed by atoms with E-state index in [0.717, 1.165) is 6.20 Å². The van der Waals surface area contributed by atoms with Gasteiger partial charge in [0.2, 0.25) is 10.0 Å². The number of ether oxygens (including phenoxy) is 1. The highest BCUT2D eigenvalue weighted by Crippen LogP contribution is 2.14. The summed E-state index contributed by atoms with van der Waals surface area (Å²) in [4.78, 5) is 3.75. The molecule has 0 amide bonds. The molecular weight excluding hydrogens is 299 g/mol. The molecule has 2 N–H and O–H groups in total. The molecule has 1 aromatic heterocycles. The molecular formula is C10H14F3N3O3S. The van der Waals surface area contributed by atoms with E-state index in [1.807, 2.05) is 0 Å². The molecule has 0 aliphatic carbocycles. The van der Waals surface area contributed by atoms with Gasteiger partial charge in [0, 0.05) is 19.8 Å². The van der Waals surface area contributed by atoms with E-state index in [0.29, 0.717) is 5.82 Å². The van der Waals surface area contributed by atoms with Gasteiger partial charge in [0.05, 0.1) is 6.61 Å². The quantitative estimate of drug-likeness (QED) is 0.734. The molecule has 6 nitrogen and oxygen atoms in total. The lowest BCUT2D eigenvalue weighted by Crippen LogP contribution is -2.29. The lowest BCUT2D eigenvalue weighted by molar-refractivity contribution is -0.173. The fourth-order valence-electron chi connectivity index (χ4n) is 1.21. The van der Waals surface area contributed by atoms with E-state index in [-0.39, 0.29) is 18.0 Å². The van der Waals surface area contributed by atoms with Crippen molar-refractivity contribution in [1.82, 2.24) is 9.71 Å². The van der Waals surface area contributed by atoms with Crippen LogP contribution in [0.5, 0.6) is 0 Å². The molecule has 10 heteroatoms. The zero-order valence-corrected chi connectivity index (χ0v) is 11.4. The summed E-state index contributed by atoms with van der Waals surface area (Å²) < 4.78 is 65.2. The van der Waals surface area contributed by atoms with Crippen LogP contribution in [0.4, 0.5) is 19.0 Å². The van der Waals surface area contributed by atoms with Gasteiger partial charge >= 0.3 is 6.18 Å². The highest BCUT2D eigenvalue weighted by atomic mass is 32.2. The van der Waals surface area contributed by atoms with Crippen molar-refractivity contribution < 1.29 is 26.3 Å². The minimum absolute atomic E-state index is 0.0766. The topological polar surface area (TPSA) is 80.3 Å². The van der Waals surface area contributed by atoms with Gasteiger partial charge < -0.3 is 10.1 Å². The fraction of sp³-hybridized carbons (Fsp3) is 0.500. The summed E-state index contributed by atoms with van der Waals surface area (Å²) in [7, 11) is -2.17. The summed E-state index contributed by atoms with van der Waals surface area (Å²) in [5.74, 6) is 0.498. The number of pyridine rings is 1. The molecule has 0 fully saturated rings. The number of rotatable bonds is 7. The van der Waals surface area contributed by atoms with Gasteiger partial charge in [-0.15, -0.1) is 0 Å². The number of nitrogens with one attached hydrogen (secondary N) is 2. The van der Waals surface area contributed by atoms with Gasteiger partial charge in [0.1, 0.15) is 17.3 Å². The van der Waals surface area contributed by atoms with E-state index in [2.05, 4.69) is 19.8 Å². The average molecular weight is 313 g/mol. The van der Waals surface area contributed by atoms with Crippen LogP contribution in [0.2, 0.25) is 0 Å². The molecule has 0 aliphatic heterocycles. The Morgan fingerprint density at radius 3 is 2.55 bits per heavy atom. The highest BCUT2D eigenvalue weighted by molar-refractivity contribution is 7.89. The maximum atomic E-state index is 11.8. The van der Waals surface area contributed by atoms with Crippen molar-refractivity contribution in [1.29, 1.82) is 0 Å². The lowest BCUT2D eigenvalue weighted by atomic mass is 10.5. The molecule has 0 saturated heterocycles. The minimum Gasteiger partial charge on any atom is -0.373 e. The molecule has 1 aromatic rings. The van der Waals surface area contributed by atoms with Crippen LogP contribution in [0.3, 0.4) is 0 Å². The Bertz CT molecular complexity index is 517. The molecule has 0 aromatic carbocycles. The third-order valence-electron chi connectivity index (χ3n) is 2.11. The van der Waals surface area contributed by atoms with Crippen LogP contribution >= 0.6 is 0 Å². The van der Waals surface area contributed by atoms with Gasteiger partial charge in [-0.1, -0.05) is 0 Å². The molecule has 1 rings (SSSR count). The number of halogens is 3. The van der Waals surface area contributed by atoms with E-state index >= 15 is 0 Å². The zero-order valence-electron chi connectivity index (χ0n) is 10.6. The normalized spacial score (nSPS) is 12.4. The third-order valence-corrected chi connectivity index (χ3v) is 3.55. The molecule has 0 aliphatic rings. The highest BCUT2D eigenvalue weighted by Gasteiger charge is 2.27. The third kappa shape index (κ3) is 5.72. The molecule has 0 spiro atoms. The fourth-order valence-corrected chi connectivity index (χ4v) is 2.16. The molecule has 0 saturated carbocycles. The first-order chi connectivity index (χ1) is 9.24. The summed E-state index contributed by atoms with van der Waals surface area (Å²) >= 11 is 0. The molecule has 0 atom stereocenters. The molecule has 0 unspecified atom stereocenters. The van der Waals surface area contributed by atoms with Gasteiger partial charge in [-0.05, 0) is 12.1 Å². The summed E-state index contributed by atoms with van der Waals surface area (Å²) in [5, 5.41) is 2.73. The van der Waals surface area contributed by atoms with Gasteiger partial charge in [0.15, 0.2) is 0 Å². The van der Waals surface area contributed by atoms with Crippen LogP contribution in [0, 0.1) is 0 Å². The van der Waals surface area contributed by atoms with Crippen LogP contribution < -0.4 is 10.0 Å². The van der Waals surface area contributed by atoms with Crippen molar-refractivity contribution in [3.8, 4) is 0 Å². The molecule has 20 heavy (non-hydrogen) atoms. The van der Waals surface area contributed by atoms with E-state index in [1.54, 1.807) is 7.05 Å². The Labute approximate surface area is 114 Å². The Hall–Kier alpha value is -1.39. The summed E-state index contributed by atoms with van der Waals surface area (Å²) in [6.45, 7) is -2.04. The monoisotopic (exact) mass is 313 g/mol. The van der Waals surface area contributed by atoms with Crippen molar-refractivity contribution >= 4 is 15.8 Å². The Kier molecular flexibility index (Phi) is 5.72. The van der Waals surface area contributed by atoms with Crippen LogP contribution in [0.25, 0.3) is 0 Å². The van der Waals surface area contributed by atoms with Crippen molar-refractivity contribution in [3.63, 3.8) is 0 Å². The smallest absolute Gasteiger partial charge is 0.373 e. The molecule has 0 bridgehead atoms. The van der Waals surface area contributed by atoms with Crippen molar-refractivity contribution in [2.45, 2.75) is 11.1 Å². The standard InChI is InChI=1S/C10H14F3N3O3S/c1-14-9-3-2-8(6-15-9)20(17,18)16-4-5-19-7-10(11,12)13/h2-3,6,16H,4-5,7H2,1H3,(H,14,15). The van der Waals surface area contributed by atoms with E-state index in [4.69, 9.17) is 0 Å². The summed E-state index contributed by atoms with van der Waals surface area (Å²) in [5.41, 5.74) is 0. The van der Waals surface area contributed by atoms with Gasteiger partial charge in [0.25, 0.3) is 0 Å². The average Bonchev–Trinajstić information content (AvgIpc) is 2.37. The second-order valence-electron chi connectivity index (χ2n) is 3.69. The van der Waals surface area contributed by atoms with E-state index < -0.39 is 22.8 Å². The maximum Gasteiger partial charge on any atom is 0.411 e. The Morgan fingerprint density at radius 2 is 2.05 bits per heavy atom. The Balaban J connectivity index is 2.45. The summed E-state index contributed by atoms with van der Waals surface area (Å²) in [6, 6.07) is 2.80. The first-order valence-electron chi connectivity index (χ1n) is 5.52. The second kappa shape index (κ2) is 6.86. The molecule has 114 valence electrons. The van der Waals surface area contributed by atoms with Crippen LogP contribution in [0.1, 0.15) is 0 Å². The number of alkyl halides is 3. The van der Waals surface area contributed by atoms with Crippen molar-refractivity contribution in [2.24, 2.45) is 0 Å². The van der Waals surface area contributed by atoms with Gasteiger partial charge in [-0.25, -0.2) is 18.1 Å². The minimum atomic E-state index is -4.42. The number of sulfonamides is 1. The van der Waals surface area contributed by atoms with Crippen molar-refractivity contribution in [2.75, 3.05) is 32.1 Å². The predicted octanol–water partition coefficient (Wildman–Crippen LogP) is 0.980. The SMILES string of the molecule is CNc1ccc(S(=O)(=O)NCCOCC(F)(F)F)cn1. The number of anilines is 1. The van der Waals surface area contributed by atoms with Crippen LogP contribution in [-0.4, -0.2) is 46.4 Å². The van der Waals surface area contributed by atoms with E-state index in [1.165, 1.54) is 12.1 Å². The van der Waals surface area contributed by atoms with Gasteiger partial charge in [-0.2, -0.15) is 13.2 Å². The lowest BCUT2D eigenvalue weighted by Gasteiger charge is -2.09. The number of hydrogen-bond acceptors (Lipinski definition) is 5. The van der Waals surface area contributed by atoms with Crippen LogP contribution in [0.15, 0.2) is 23.2 Å².